The molecule has 1 atom stereocenters. The van der Waals surface area contributed by atoms with Gasteiger partial charge in [-0.05, 0) is 32.0 Å². The van der Waals surface area contributed by atoms with E-state index in [2.05, 4.69) is 30.7 Å². The number of halogens is 1. The number of hydrogen-bond acceptors (Lipinski definition) is 7. The van der Waals surface area contributed by atoms with Crippen molar-refractivity contribution in [3.8, 4) is 0 Å². The summed E-state index contributed by atoms with van der Waals surface area (Å²) in [5, 5.41) is 21.8. The van der Waals surface area contributed by atoms with Gasteiger partial charge in [-0.2, -0.15) is 10.2 Å². The maximum absolute atomic E-state index is 13.7. The Morgan fingerprint density at radius 1 is 1.19 bits per heavy atom. The second kappa shape index (κ2) is 7.23. The van der Waals surface area contributed by atoms with Crippen molar-refractivity contribution in [1.29, 1.82) is 0 Å². The summed E-state index contributed by atoms with van der Waals surface area (Å²) in [7, 11) is 0. The lowest BCUT2D eigenvalue weighted by atomic mass is 10.3. The lowest BCUT2D eigenvalue weighted by molar-refractivity contribution is 0.554. The number of nitrogens with zero attached hydrogens (tertiary/aromatic N) is 7. The van der Waals surface area contributed by atoms with Crippen LogP contribution in [0.2, 0.25) is 0 Å². The lowest BCUT2D eigenvalue weighted by Gasteiger charge is -2.07. The molecule has 0 amide bonds. The summed E-state index contributed by atoms with van der Waals surface area (Å²) in [6, 6.07) is 6.69. The minimum Gasteiger partial charge on any atom is -0.313 e. The topological polar surface area (TPSA) is 86.3 Å². The van der Waals surface area contributed by atoms with Crippen molar-refractivity contribution in [3.05, 3.63) is 65.1 Å². The van der Waals surface area contributed by atoms with E-state index in [1.54, 1.807) is 29.2 Å². The van der Waals surface area contributed by atoms with Crippen molar-refractivity contribution < 1.29 is 4.39 Å². The molecular weight excluding hydrogens is 367 g/mol. The fraction of sp³-hybridized carbons (Fsp3) is 0.235. The van der Waals surface area contributed by atoms with Gasteiger partial charge in [-0.3, -0.25) is 14.3 Å². The summed E-state index contributed by atoms with van der Waals surface area (Å²) in [6.45, 7) is 4.22. The van der Waals surface area contributed by atoms with Crippen molar-refractivity contribution in [1.82, 2.24) is 34.7 Å². The van der Waals surface area contributed by atoms with Gasteiger partial charge in [-0.1, -0.05) is 11.3 Å². The van der Waals surface area contributed by atoms with Crippen LogP contribution in [0.4, 0.5) is 15.3 Å². The molecule has 0 saturated heterocycles. The Kier molecular flexibility index (Phi) is 4.63. The normalized spacial score (nSPS) is 12.3. The molecule has 4 rings (SSSR count). The van der Waals surface area contributed by atoms with Crippen LogP contribution in [-0.4, -0.2) is 34.7 Å². The Labute approximate surface area is 158 Å². The van der Waals surface area contributed by atoms with Crippen LogP contribution in [0.5, 0.6) is 0 Å². The second-order valence-electron chi connectivity index (χ2n) is 6.01. The van der Waals surface area contributed by atoms with Gasteiger partial charge in [0.25, 0.3) is 0 Å². The third-order valence-corrected chi connectivity index (χ3v) is 4.97. The van der Waals surface area contributed by atoms with Gasteiger partial charge in [0.15, 0.2) is 5.82 Å². The molecule has 0 radical (unpaired) electrons. The summed E-state index contributed by atoms with van der Waals surface area (Å²) in [4.78, 5) is 4.04. The predicted octanol–water partition coefficient (Wildman–Crippen LogP) is 3.17. The molecule has 4 aromatic rings. The molecule has 8 nitrogen and oxygen atoms in total. The minimum absolute atomic E-state index is 0.00330. The van der Waals surface area contributed by atoms with Crippen molar-refractivity contribution >= 4 is 22.3 Å². The van der Waals surface area contributed by atoms with E-state index in [1.165, 1.54) is 17.4 Å². The van der Waals surface area contributed by atoms with Crippen molar-refractivity contribution in [3.63, 3.8) is 0 Å². The molecule has 10 heteroatoms. The fourth-order valence-electron chi connectivity index (χ4n) is 2.53. The maximum Gasteiger partial charge on any atom is 0.211 e. The zero-order valence-corrected chi connectivity index (χ0v) is 15.6. The number of anilines is 2. The summed E-state index contributed by atoms with van der Waals surface area (Å²) in [5.74, 6) is 0.260. The zero-order valence-electron chi connectivity index (χ0n) is 14.7. The van der Waals surface area contributed by atoms with Crippen LogP contribution in [0.3, 0.4) is 0 Å². The molecule has 1 N–H and O–H groups in total. The first kappa shape index (κ1) is 17.3. The van der Waals surface area contributed by atoms with Crippen LogP contribution in [0.15, 0.2) is 42.9 Å². The van der Waals surface area contributed by atoms with Crippen LogP contribution in [0.25, 0.3) is 0 Å². The van der Waals surface area contributed by atoms with E-state index in [-0.39, 0.29) is 18.4 Å². The SMILES string of the molecule is Cc1ccn([C@@H](C)c2nnc(Nc3ccn(Cc4ncccc4F)n3)s2)n1. The Morgan fingerprint density at radius 2 is 2.07 bits per heavy atom. The van der Waals surface area contributed by atoms with Gasteiger partial charge in [0.1, 0.15) is 16.9 Å². The molecule has 4 aromatic heterocycles. The number of aryl methyl sites for hydroxylation is 1. The van der Waals surface area contributed by atoms with Gasteiger partial charge in [0, 0.05) is 24.7 Å². The van der Waals surface area contributed by atoms with Crippen molar-refractivity contribution in [2.75, 3.05) is 5.32 Å². The lowest BCUT2D eigenvalue weighted by Crippen LogP contribution is -2.07. The first-order valence-electron chi connectivity index (χ1n) is 8.33. The van der Waals surface area contributed by atoms with E-state index in [0.29, 0.717) is 16.6 Å². The van der Waals surface area contributed by atoms with E-state index < -0.39 is 0 Å². The van der Waals surface area contributed by atoms with E-state index in [1.807, 2.05) is 30.8 Å². The highest BCUT2D eigenvalue weighted by Gasteiger charge is 2.15. The second-order valence-corrected chi connectivity index (χ2v) is 7.02. The van der Waals surface area contributed by atoms with Crippen LogP contribution in [0.1, 0.15) is 29.4 Å². The summed E-state index contributed by atoms with van der Waals surface area (Å²) in [6.07, 6.45) is 5.24. The predicted molar refractivity (Wildman–Crippen MR) is 99.5 cm³/mol. The molecule has 138 valence electrons. The average Bonchev–Trinajstić information content (AvgIpc) is 3.39. The molecule has 0 bridgehead atoms. The number of nitrogens with one attached hydrogen (secondary N) is 1. The molecular formula is C17H17FN8S. The molecule has 0 fully saturated rings. The molecule has 0 aliphatic rings. The fourth-order valence-corrected chi connectivity index (χ4v) is 3.33. The summed E-state index contributed by atoms with van der Waals surface area (Å²) >= 11 is 1.44. The Bertz CT molecular complexity index is 1050. The van der Waals surface area contributed by atoms with Crippen molar-refractivity contribution in [2.45, 2.75) is 26.4 Å². The van der Waals surface area contributed by atoms with Crippen LogP contribution in [0, 0.1) is 12.7 Å². The molecule has 0 aliphatic carbocycles. The maximum atomic E-state index is 13.7. The monoisotopic (exact) mass is 384 g/mol. The third kappa shape index (κ3) is 3.85. The van der Waals surface area contributed by atoms with Gasteiger partial charge in [-0.15, -0.1) is 10.2 Å². The van der Waals surface area contributed by atoms with E-state index in [4.69, 9.17) is 0 Å². The Morgan fingerprint density at radius 3 is 2.85 bits per heavy atom. The number of hydrogen-bond donors (Lipinski definition) is 1. The van der Waals surface area contributed by atoms with Gasteiger partial charge < -0.3 is 5.32 Å². The van der Waals surface area contributed by atoms with Gasteiger partial charge in [-0.25, -0.2) is 4.39 Å². The summed E-state index contributed by atoms with van der Waals surface area (Å²) < 4.78 is 17.2. The zero-order chi connectivity index (χ0) is 18.8. The Balaban J connectivity index is 1.44. The summed E-state index contributed by atoms with van der Waals surface area (Å²) in [5.41, 5.74) is 1.30. The smallest absolute Gasteiger partial charge is 0.211 e. The number of rotatable bonds is 6. The first-order chi connectivity index (χ1) is 13.1. The quantitative estimate of drug-likeness (QED) is 0.549. The molecule has 27 heavy (non-hydrogen) atoms. The van der Waals surface area contributed by atoms with Gasteiger partial charge >= 0.3 is 0 Å². The van der Waals surface area contributed by atoms with Crippen LogP contribution >= 0.6 is 11.3 Å². The van der Waals surface area contributed by atoms with Crippen LogP contribution < -0.4 is 5.32 Å². The molecule has 0 aromatic carbocycles. The third-order valence-electron chi connectivity index (χ3n) is 3.96. The standard InChI is InChI=1S/C17H17FN8S/c1-11-5-9-26(23-11)12(2)16-21-22-17(27-16)20-15-6-8-25(24-15)10-14-13(18)4-3-7-19-14/h3-9,12H,10H2,1-2H3,(H,20,22,24)/t12-/m0/s1. The minimum atomic E-state index is -0.348. The molecule has 0 aliphatic heterocycles. The highest BCUT2D eigenvalue weighted by molar-refractivity contribution is 7.15. The largest absolute Gasteiger partial charge is 0.313 e. The average molecular weight is 384 g/mol. The number of aromatic nitrogens is 7. The van der Waals surface area contributed by atoms with Crippen LogP contribution in [-0.2, 0) is 6.54 Å². The van der Waals surface area contributed by atoms with E-state index in [9.17, 15) is 4.39 Å². The van der Waals surface area contributed by atoms with Crippen molar-refractivity contribution in [2.24, 2.45) is 0 Å². The van der Waals surface area contributed by atoms with Gasteiger partial charge in [0.2, 0.25) is 5.13 Å². The van der Waals surface area contributed by atoms with Gasteiger partial charge in [0.05, 0.1) is 17.9 Å². The highest BCUT2D eigenvalue weighted by Crippen LogP contribution is 2.26. The molecule has 0 spiro atoms. The first-order valence-corrected chi connectivity index (χ1v) is 9.15. The van der Waals surface area contributed by atoms with E-state index >= 15 is 0 Å². The van der Waals surface area contributed by atoms with E-state index in [0.717, 1.165) is 10.7 Å². The Hall–Kier alpha value is -3.14. The molecule has 0 unspecified atom stereocenters. The number of pyridine rings is 1. The highest BCUT2D eigenvalue weighted by atomic mass is 32.1. The molecule has 4 heterocycles. The molecule has 0 saturated carbocycles.